The van der Waals surface area contributed by atoms with Gasteiger partial charge >= 0.3 is 6.36 Å². The highest BCUT2D eigenvalue weighted by molar-refractivity contribution is 7.13. The first-order valence-corrected chi connectivity index (χ1v) is 8.18. The molecule has 1 aromatic carbocycles. The number of halogens is 3. The second-order valence-corrected chi connectivity index (χ2v) is 5.88. The fraction of sp³-hybridized carbons (Fsp3) is 0.125. The van der Waals surface area contributed by atoms with Crippen molar-refractivity contribution in [1.29, 1.82) is 0 Å². The van der Waals surface area contributed by atoms with E-state index in [1.54, 1.807) is 12.3 Å². The number of guanidine groups is 1. The number of hydrogen-bond acceptors (Lipinski definition) is 5. The number of anilines is 1. The maximum atomic E-state index is 12.1. The number of aromatic nitrogens is 1. The van der Waals surface area contributed by atoms with Crippen molar-refractivity contribution in [3.63, 3.8) is 0 Å². The van der Waals surface area contributed by atoms with E-state index in [1.807, 2.05) is 11.4 Å². The third-order valence-electron chi connectivity index (χ3n) is 3.06. The molecule has 0 bridgehead atoms. The number of nitrogens with two attached hydrogens (primary N) is 1. The molecule has 6 nitrogen and oxygen atoms in total. The van der Waals surface area contributed by atoms with Gasteiger partial charge in [-0.25, -0.2) is 9.98 Å². The molecule has 26 heavy (non-hydrogen) atoms. The summed E-state index contributed by atoms with van der Waals surface area (Å²) in [7, 11) is 0. The molecular formula is C16H13F3N4O2S. The van der Waals surface area contributed by atoms with E-state index in [9.17, 15) is 13.2 Å². The van der Waals surface area contributed by atoms with Gasteiger partial charge in [-0.05, 0) is 36.4 Å². The number of nitrogens with one attached hydrogen (secondary N) is 1. The van der Waals surface area contributed by atoms with Crippen molar-refractivity contribution in [2.24, 2.45) is 10.7 Å². The van der Waals surface area contributed by atoms with Crippen molar-refractivity contribution >= 4 is 23.0 Å². The summed E-state index contributed by atoms with van der Waals surface area (Å²) in [6.07, 6.45) is -3.15. The molecule has 0 aliphatic rings. The van der Waals surface area contributed by atoms with E-state index < -0.39 is 6.36 Å². The fourth-order valence-electron chi connectivity index (χ4n) is 1.99. The van der Waals surface area contributed by atoms with Crippen LogP contribution in [-0.4, -0.2) is 17.3 Å². The molecule has 2 heterocycles. The molecule has 0 aliphatic heterocycles. The van der Waals surface area contributed by atoms with Gasteiger partial charge in [-0.2, -0.15) is 0 Å². The van der Waals surface area contributed by atoms with Gasteiger partial charge < -0.3 is 20.2 Å². The molecule has 3 N–H and O–H groups in total. The van der Waals surface area contributed by atoms with Crippen LogP contribution in [0, 0.1) is 0 Å². The van der Waals surface area contributed by atoms with Crippen LogP contribution in [0.25, 0.3) is 10.8 Å². The monoisotopic (exact) mass is 382 g/mol. The number of hydrogen-bond donors (Lipinski definition) is 2. The highest BCUT2D eigenvalue weighted by Crippen LogP contribution is 2.25. The molecule has 3 aromatic rings. The average Bonchev–Trinajstić information content (AvgIpc) is 3.24. The van der Waals surface area contributed by atoms with Crippen molar-refractivity contribution < 1.29 is 22.3 Å². The van der Waals surface area contributed by atoms with Gasteiger partial charge in [0.25, 0.3) is 0 Å². The van der Waals surface area contributed by atoms with E-state index in [2.05, 4.69) is 20.0 Å². The van der Waals surface area contributed by atoms with Crippen molar-refractivity contribution in [3.8, 4) is 16.5 Å². The van der Waals surface area contributed by atoms with E-state index >= 15 is 0 Å². The van der Waals surface area contributed by atoms with Gasteiger partial charge in [0, 0.05) is 11.1 Å². The largest absolute Gasteiger partial charge is 0.573 e. The zero-order chi connectivity index (χ0) is 18.6. The van der Waals surface area contributed by atoms with E-state index in [0.717, 1.165) is 10.7 Å². The lowest BCUT2D eigenvalue weighted by molar-refractivity contribution is -0.274. The lowest BCUT2D eigenvalue weighted by atomic mass is 10.3. The van der Waals surface area contributed by atoms with Crippen LogP contribution >= 0.6 is 11.3 Å². The molecule has 0 spiro atoms. The predicted molar refractivity (Wildman–Crippen MR) is 91.9 cm³/mol. The third-order valence-corrected chi connectivity index (χ3v) is 3.96. The van der Waals surface area contributed by atoms with Gasteiger partial charge in [-0.3, -0.25) is 0 Å². The molecule has 0 amide bonds. The lowest BCUT2D eigenvalue weighted by Crippen LogP contribution is -2.22. The SMILES string of the molecule is NC(=NCc1csc(-c2ccco2)n1)Nc1ccc(OC(F)(F)F)cc1. The van der Waals surface area contributed by atoms with Crippen LogP contribution in [0.15, 0.2) is 57.5 Å². The number of rotatable bonds is 5. The zero-order valence-electron chi connectivity index (χ0n) is 13.2. The Labute approximate surface area is 150 Å². The molecule has 136 valence electrons. The Bertz CT molecular complexity index is 874. The third kappa shape index (κ3) is 4.99. The predicted octanol–water partition coefficient (Wildman–Crippen LogP) is 4.23. The van der Waals surface area contributed by atoms with Gasteiger partial charge in [0.1, 0.15) is 5.75 Å². The number of ether oxygens (including phenoxy) is 1. The Morgan fingerprint density at radius 3 is 2.69 bits per heavy atom. The van der Waals surface area contributed by atoms with Crippen LogP contribution in [0.2, 0.25) is 0 Å². The molecule has 0 saturated heterocycles. The van der Waals surface area contributed by atoms with E-state index in [-0.39, 0.29) is 18.3 Å². The first-order valence-electron chi connectivity index (χ1n) is 7.30. The molecule has 3 rings (SSSR count). The molecule has 0 fully saturated rings. The molecule has 0 atom stereocenters. The standard InChI is InChI=1S/C16H13F3N4O2S/c17-16(18,19)25-12-5-3-10(4-6-12)23-15(20)21-8-11-9-26-14(22-11)13-2-1-7-24-13/h1-7,9H,8H2,(H3,20,21,23). The summed E-state index contributed by atoms with van der Waals surface area (Å²) in [5.74, 6) is 0.478. The number of aliphatic imine (C=N–C) groups is 1. The Morgan fingerprint density at radius 2 is 2.04 bits per heavy atom. The van der Waals surface area contributed by atoms with Gasteiger partial charge in [0.05, 0.1) is 18.5 Å². The molecule has 10 heteroatoms. The second kappa shape index (κ2) is 7.48. The van der Waals surface area contributed by atoms with Crippen LogP contribution in [-0.2, 0) is 6.54 Å². The summed E-state index contributed by atoms with van der Waals surface area (Å²) in [6.45, 7) is 0.255. The smallest absolute Gasteiger partial charge is 0.462 e. The average molecular weight is 382 g/mol. The van der Waals surface area contributed by atoms with Gasteiger partial charge in [0.2, 0.25) is 0 Å². The Balaban J connectivity index is 1.57. The van der Waals surface area contributed by atoms with Crippen molar-refractivity contribution in [2.45, 2.75) is 12.9 Å². The first kappa shape index (κ1) is 17.8. The molecular weight excluding hydrogens is 369 g/mol. The molecule has 0 unspecified atom stereocenters. The van der Waals surface area contributed by atoms with E-state index in [0.29, 0.717) is 11.4 Å². The zero-order valence-corrected chi connectivity index (χ0v) is 14.0. The molecule has 0 aliphatic carbocycles. The van der Waals surface area contributed by atoms with Crippen LogP contribution in [0.5, 0.6) is 5.75 Å². The van der Waals surface area contributed by atoms with Gasteiger partial charge in [-0.15, -0.1) is 24.5 Å². The maximum Gasteiger partial charge on any atom is 0.573 e. The van der Waals surface area contributed by atoms with Crippen molar-refractivity contribution in [3.05, 3.63) is 53.7 Å². The Hall–Kier alpha value is -3.01. The summed E-state index contributed by atoms with van der Waals surface area (Å²) in [6, 6.07) is 8.76. The Kier molecular flexibility index (Phi) is 5.12. The fourth-order valence-corrected chi connectivity index (χ4v) is 2.76. The quantitative estimate of drug-likeness (QED) is 0.510. The van der Waals surface area contributed by atoms with Crippen molar-refractivity contribution in [2.75, 3.05) is 5.32 Å². The maximum absolute atomic E-state index is 12.1. The number of thiazole rings is 1. The summed E-state index contributed by atoms with van der Waals surface area (Å²) in [4.78, 5) is 8.54. The van der Waals surface area contributed by atoms with Gasteiger partial charge in [0.15, 0.2) is 16.7 Å². The Morgan fingerprint density at radius 1 is 1.27 bits per heavy atom. The number of alkyl halides is 3. The second-order valence-electron chi connectivity index (χ2n) is 5.02. The minimum atomic E-state index is -4.72. The molecule has 2 aromatic heterocycles. The highest BCUT2D eigenvalue weighted by Gasteiger charge is 2.30. The highest BCUT2D eigenvalue weighted by atomic mass is 32.1. The lowest BCUT2D eigenvalue weighted by Gasteiger charge is -2.10. The number of nitrogens with zero attached hydrogens (tertiary/aromatic N) is 2. The summed E-state index contributed by atoms with van der Waals surface area (Å²) < 4.78 is 45.4. The van der Waals surface area contributed by atoms with Crippen LogP contribution in [0.4, 0.5) is 18.9 Å². The summed E-state index contributed by atoms with van der Waals surface area (Å²) in [5, 5.41) is 5.37. The number of furan rings is 1. The summed E-state index contributed by atoms with van der Waals surface area (Å²) >= 11 is 1.43. The molecule has 0 radical (unpaired) electrons. The van der Waals surface area contributed by atoms with Crippen LogP contribution in [0.3, 0.4) is 0 Å². The first-order chi connectivity index (χ1) is 12.4. The minimum absolute atomic E-state index is 0.113. The van der Waals surface area contributed by atoms with Gasteiger partial charge in [-0.1, -0.05) is 0 Å². The minimum Gasteiger partial charge on any atom is -0.462 e. The van der Waals surface area contributed by atoms with Crippen LogP contribution < -0.4 is 15.8 Å². The van der Waals surface area contributed by atoms with Crippen LogP contribution in [0.1, 0.15) is 5.69 Å². The van der Waals surface area contributed by atoms with E-state index in [4.69, 9.17) is 10.2 Å². The number of benzene rings is 1. The summed E-state index contributed by atoms with van der Waals surface area (Å²) in [5.41, 5.74) is 6.98. The normalized spacial score (nSPS) is 12.2. The van der Waals surface area contributed by atoms with E-state index in [1.165, 1.54) is 35.6 Å². The van der Waals surface area contributed by atoms with Crippen molar-refractivity contribution in [1.82, 2.24) is 4.98 Å². The topological polar surface area (TPSA) is 85.7 Å². The molecule has 0 saturated carbocycles.